The highest BCUT2D eigenvalue weighted by atomic mass is 79.9. The minimum absolute atomic E-state index is 0.388. The SMILES string of the molecule is CCn1ncnc1CC(Cc1ccc(Br)cc1)C(=O)O. The molecule has 0 aliphatic rings. The maximum atomic E-state index is 11.4. The molecule has 0 fully saturated rings. The first-order chi connectivity index (χ1) is 9.60. The number of aliphatic carboxylic acids is 1. The fraction of sp³-hybridized carbons (Fsp3) is 0.357. The molecule has 2 rings (SSSR count). The van der Waals surface area contributed by atoms with Crippen molar-refractivity contribution in [3.8, 4) is 0 Å². The third kappa shape index (κ3) is 3.66. The zero-order valence-corrected chi connectivity index (χ0v) is 12.7. The number of nitrogens with zero attached hydrogens (tertiary/aromatic N) is 3. The second-order valence-corrected chi connectivity index (χ2v) is 5.48. The highest BCUT2D eigenvalue weighted by Gasteiger charge is 2.21. The van der Waals surface area contributed by atoms with Crippen molar-refractivity contribution in [1.82, 2.24) is 14.8 Å². The molecule has 0 amide bonds. The lowest BCUT2D eigenvalue weighted by Gasteiger charge is -2.12. The summed E-state index contributed by atoms with van der Waals surface area (Å²) in [5.74, 6) is -0.582. The van der Waals surface area contributed by atoms with Crippen molar-refractivity contribution in [3.05, 3.63) is 46.5 Å². The molecule has 1 N–H and O–H groups in total. The lowest BCUT2D eigenvalue weighted by atomic mass is 9.96. The molecule has 1 aromatic heterocycles. The van der Waals surface area contributed by atoms with Crippen LogP contribution in [0.1, 0.15) is 18.3 Å². The van der Waals surface area contributed by atoms with Crippen LogP contribution in [0.2, 0.25) is 0 Å². The van der Waals surface area contributed by atoms with Crippen molar-refractivity contribution < 1.29 is 9.90 Å². The molecular weight excluding hydrogens is 322 g/mol. The summed E-state index contributed by atoms with van der Waals surface area (Å²) < 4.78 is 2.72. The summed E-state index contributed by atoms with van der Waals surface area (Å²) in [5.41, 5.74) is 1.00. The summed E-state index contributed by atoms with van der Waals surface area (Å²) in [6.07, 6.45) is 2.34. The van der Waals surface area contributed by atoms with Gasteiger partial charge >= 0.3 is 5.97 Å². The van der Waals surface area contributed by atoms with Crippen LogP contribution in [-0.4, -0.2) is 25.8 Å². The second-order valence-electron chi connectivity index (χ2n) is 4.56. The molecule has 1 atom stereocenters. The van der Waals surface area contributed by atoms with Gasteiger partial charge in [0.1, 0.15) is 12.2 Å². The van der Waals surface area contributed by atoms with Crippen LogP contribution in [0.4, 0.5) is 0 Å². The van der Waals surface area contributed by atoms with Crippen LogP contribution in [0, 0.1) is 5.92 Å². The Kier molecular flexibility index (Phi) is 4.89. The first-order valence-corrected chi connectivity index (χ1v) is 7.23. The molecule has 0 saturated carbocycles. The number of halogens is 1. The van der Waals surface area contributed by atoms with Gasteiger partial charge in [-0.2, -0.15) is 5.10 Å². The van der Waals surface area contributed by atoms with E-state index in [-0.39, 0.29) is 0 Å². The van der Waals surface area contributed by atoms with Gasteiger partial charge in [0.25, 0.3) is 0 Å². The van der Waals surface area contributed by atoms with E-state index in [1.165, 1.54) is 6.33 Å². The van der Waals surface area contributed by atoms with Gasteiger partial charge in [-0.15, -0.1) is 0 Å². The number of benzene rings is 1. The van der Waals surface area contributed by atoms with E-state index in [1.807, 2.05) is 31.2 Å². The molecule has 106 valence electrons. The molecule has 1 heterocycles. The monoisotopic (exact) mass is 337 g/mol. The summed E-state index contributed by atoms with van der Waals surface area (Å²) >= 11 is 3.37. The molecule has 0 spiro atoms. The van der Waals surface area contributed by atoms with E-state index < -0.39 is 11.9 Å². The number of carbonyl (C=O) groups is 1. The normalized spacial score (nSPS) is 12.3. The molecule has 20 heavy (non-hydrogen) atoms. The van der Waals surface area contributed by atoms with Crippen LogP contribution in [0.3, 0.4) is 0 Å². The summed E-state index contributed by atoms with van der Waals surface area (Å²) in [5, 5.41) is 13.5. The van der Waals surface area contributed by atoms with E-state index in [2.05, 4.69) is 26.0 Å². The number of hydrogen-bond acceptors (Lipinski definition) is 3. The fourth-order valence-corrected chi connectivity index (χ4v) is 2.35. The van der Waals surface area contributed by atoms with Crippen molar-refractivity contribution in [3.63, 3.8) is 0 Å². The molecule has 0 bridgehead atoms. The summed E-state index contributed by atoms with van der Waals surface area (Å²) in [6.45, 7) is 2.66. The van der Waals surface area contributed by atoms with Crippen molar-refractivity contribution >= 4 is 21.9 Å². The molecule has 6 heteroatoms. The van der Waals surface area contributed by atoms with Crippen LogP contribution >= 0.6 is 15.9 Å². The maximum Gasteiger partial charge on any atom is 0.307 e. The third-order valence-electron chi connectivity index (χ3n) is 3.17. The van der Waals surface area contributed by atoms with Crippen LogP contribution in [0.15, 0.2) is 35.1 Å². The summed E-state index contributed by atoms with van der Waals surface area (Å²) in [7, 11) is 0. The molecule has 0 saturated heterocycles. The zero-order valence-electron chi connectivity index (χ0n) is 11.2. The van der Waals surface area contributed by atoms with Gasteiger partial charge in [0.2, 0.25) is 0 Å². The van der Waals surface area contributed by atoms with Gasteiger partial charge in [0.05, 0.1) is 5.92 Å². The summed E-state index contributed by atoms with van der Waals surface area (Å²) in [6, 6.07) is 7.71. The first-order valence-electron chi connectivity index (χ1n) is 6.44. The average molecular weight is 338 g/mol. The van der Waals surface area contributed by atoms with Gasteiger partial charge in [-0.05, 0) is 31.0 Å². The number of carboxylic acids is 1. The molecule has 0 aliphatic carbocycles. The van der Waals surface area contributed by atoms with Gasteiger partial charge < -0.3 is 5.11 Å². The van der Waals surface area contributed by atoms with Crippen LogP contribution in [-0.2, 0) is 24.2 Å². The molecule has 2 aromatic rings. The Labute approximate surface area is 125 Å². The lowest BCUT2D eigenvalue weighted by Crippen LogP contribution is -2.21. The molecule has 0 aliphatic heterocycles. The Morgan fingerprint density at radius 2 is 2.05 bits per heavy atom. The lowest BCUT2D eigenvalue weighted by molar-refractivity contribution is -0.141. The Morgan fingerprint density at radius 3 is 2.65 bits per heavy atom. The Bertz CT molecular complexity index is 580. The molecule has 1 aromatic carbocycles. The predicted octanol–water partition coefficient (Wildman–Crippen LogP) is 2.55. The summed E-state index contributed by atoms with van der Waals surface area (Å²) in [4.78, 5) is 15.6. The standard InChI is InChI=1S/C14H16BrN3O2/c1-2-18-13(16-9-17-18)8-11(14(19)20)7-10-3-5-12(15)6-4-10/h3-6,9,11H,2,7-8H2,1H3,(H,19,20). The van der Waals surface area contributed by atoms with Crippen LogP contribution in [0.25, 0.3) is 0 Å². The number of aryl methyl sites for hydroxylation is 1. The number of carboxylic acid groups (broad SMARTS) is 1. The predicted molar refractivity (Wildman–Crippen MR) is 78.4 cm³/mol. The van der Waals surface area contributed by atoms with Crippen LogP contribution < -0.4 is 0 Å². The third-order valence-corrected chi connectivity index (χ3v) is 3.70. The van der Waals surface area contributed by atoms with E-state index >= 15 is 0 Å². The van der Waals surface area contributed by atoms with Gasteiger partial charge in [0, 0.05) is 17.4 Å². The van der Waals surface area contributed by atoms with Gasteiger partial charge in [0.15, 0.2) is 0 Å². The average Bonchev–Trinajstić information content (AvgIpc) is 2.87. The van der Waals surface area contributed by atoms with Gasteiger partial charge in [-0.1, -0.05) is 28.1 Å². The maximum absolute atomic E-state index is 11.4. The van der Waals surface area contributed by atoms with E-state index in [1.54, 1.807) is 4.68 Å². The Morgan fingerprint density at radius 1 is 1.35 bits per heavy atom. The first kappa shape index (κ1) is 14.7. The number of aromatic nitrogens is 3. The second kappa shape index (κ2) is 6.65. The van der Waals surface area contributed by atoms with Crippen molar-refractivity contribution in [2.24, 2.45) is 5.92 Å². The van der Waals surface area contributed by atoms with E-state index in [4.69, 9.17) is 0 Å². The van der Waals surface area contributed by atoms with Gasteiger partial charge in [-0.3, -0.25) is 9.48 Å². The quantitative estimate of drug-likeness (QED) is 0.879. The van der Waals surface area contributed by atoms with Crippen molar-refractivity contribution in [1.29, 1.82) is 0 Å². The van der Waals surface area contributed by atoms with Crippen molar-refractivity contribution in [2.45, 2.75) is 26.3 Å². The van der Waals surface area contributed by atoms with E-state index in [0.717, 1.165) is 15.9 Å². The largest absolute Gasteiger partial charge is 0.481 e. The topological polar surface area (TPSA) is 68.0 Å². The Hall–Kier alpha value is -1.69. The highest BCUT2D eigenvalue weighted by molar-refractivity contribution is 9.10. The number of rotatable bonds is 6. The minimum Gasteiger partial charge on any atom is -0.481 e. The van der Waals surface area contributed by atoms with Crippen LogP contribution in [0.5, 0.6) is 0 Å². The molecule has 1 unspecified atom stereocenters. The molecule has 0 radical (unpaired) electrons. The Balaban J connectivity index is 2.11. The number of hydrogen-bond donors (Lipinski definition) is 1. The van der Waals surface area contributed by atoms with E-state index in [0.29, 0.717) is 19.4 Å². The van der Waals surface area contributed by atoms with Crippen molar-refractivity contribution in [2.75, 3.05) is 0 Å². The molecule has 5 nitrogen and oxygen atoms in total. The minimum atomic E-state index is -0.807. The molecular formula is C14H16BrN3O2. The van der Waals surface area contributed by atoms with E-state index in [9.17, 15) is 9.90 Å². The van der Waals surface area contributed by atoms with Gasteiger partial charge in [-0.25, -0.2) is 4.98 Å². The highest BCUT2D eigenvalue weighted by Crippen LogP contribution is 2.17. The smallest absolute Gasteiger partial charge is 0.307 e. The zero-order chi connectivity index (χ0) is 14.5. The fourth-order valence-electron chi connectivity index (χ4n) is 2.08.